The molecule has 6 nitrogen and oxygen atoms in total. The van der Waals surface area contributed by atoms with Crippen LogP contribution in [0.15, 0.2) is 35.4 Å². The molecule has 0 spiro atoms. The summed E-state index contributed by atoms with van der Waals surface area (Å²) >= 11 is 2.86. The zero-order chi connectivity index (χ0) is 19.7. The Hall–Kier alpha value is -2.00. The second-order valence-electron chi connectivity index (χ2n) is 6.84. The Morgan fingerprint density at radius 1 is 1.43 bits per heavy atom. The van der Waals surface area contributed by atoms with E-state index >= 15 is 0 Å². The molecule has 2 N–H and O–H groups in total. The number of aliphatic hydroxyl groups is 1. The number of rotatable bonds is 6. The highest BCUT2D eigenvalue weighted by molar-refractivity contribution is 8.00. The molecule has 0 radical (unpaired) electrons. The number of β-amino-alcohol motifs (C(OH)–C–C–N with tert-alkyl or cyclic N) is 1. The summed E-state index contributed by atoms with van der Waals surface area (Å²) in [5.74, 6) is 1.02. The average molecular weight is 416 g/mol. The highest BCUT2D eigenvalue weighted by atomic mass is 32.2. The molecule has 1 saturated heterocycles. The van der Waals surface area contributed by atoms with Gasteiger partial charge in [0, 0.05) is 27.4 Å². The number of thiophene rings is 1. The van der Waals surface area contributed by atoms with E-state index in [-0.39, 0.29) is 5.78 Å². The van der Waals surface area contributed by atoms with Gasteiger partial charge in [-0.3, -0.25) is 4.79 Å². The molecule has 1 aliphatic heterocycles. The fourth-order valence-electron chi connectivity index (χ4n) is 3.25. The summed E-state index contributed by atoms with van der Waals surface area (Å²) in [6.07, 6.45) is 2.32. The summed E-state index contributed by atoms with van der Waals surface area (Å²) in [4.78, 5) is 24.0. The normalized spacial score (nSPS) is 19.2. The van der Waals surface area contributed by atoms with Crippen molar-refractivity contribution in [1.82, 2.24) is 15.3 Å². The largest absolute Gasteiger partial charge is 0.495 e. The lowest BCUT2D eigenvalue weighted by Crippen LogP contribution is -2.26. The molecule has 0 amide bonds. The molecule has 1 fully saturated rings. The van der Waals surface area contributed by atoms with Crippen molar-refractivity contribution in [3.05, 3.63) is 45.9 Å². The van der Waals surface area contributed by atoms with Crippen molar-refractivity contribution in [2.75, 3.05) is 26.0 Å². The van der Waals surface area contributed by atoms with E-state index in [0.29, 0.717) is 35.0 Å². The molecule has 1 aliphatic rings. The summed E-state index contributed by atoms with van der Waals surface area (Å²) in [7, 11) is 1.60. The van der Waals surface area contributed by atoms with E-state index in [1.165, 1.54) is 23.1 Å². The van der Waals surface area contributed by atoms with Crippen LogP contribution in [0.25, 0.3) is 11.0 Å². The van der Waals surface area contributed by atoms with Gasteiger partial charge in [0.05, 0.1) is 23.9 Å². The van der Waals surface area contributed by atoms with Crippen molar-refractivity contribution in [2.45, 2.75) is 23.8 Å². The molecule has 0 bridgehead atoms. The topological polar surface area (TPSA) is 84.3 Å². The molecule has 28 heavy (non-hydrogen) atoms. The van der Waals surface area contributed by atoms with Crippen LogP contribution in [-0.4, -0.2) is 46.8 Å². The highest BCUT2D eigenvalue weighted by Gasteiger charge is 2.34. The van der Waals surface area contributed by atoms with E-state index in [1.54, 1.807) is 13.3 Å². The van der Waals surface area contributed by atoms with E-state index in [2.05, 4.69) is 15.3 Å². The van der Waals surface area contributed by atoms with Crippen molar-refractivity contribution >= 4 is 39.9 Å². The van der Waals surface area contributed by atoms with Crippen molar-refractivity contribution < 1.29 is 14.6 Å². The van der Waals surface area contributed by atoms with E-state index in [9.17, 15) is 9.90 Å². The lowest BCUT2D eigenvalue weighted by Gasteiger charge is -2.18. The molecular weight excluding hydrogens is 394 g/mol. The van der Waals surface area contributed by atoms with Crippen molar-refractivity contribution in [1.29, 1.82) is 0 Å². The first kappa shape index (κ1) is 19.3. The molecular formula is C20H21N3O3S2. The second-order valence-corrected chi connectivity index (χ2v) is 8.94. The first-order valence-electron chi connectivity index (χ1n) is 8.99. The van der Waals surface area contributed by atoms with E-state index in [0.717, 1.165) is 27.4 Å². The Morgan fingerprint density at radius 2 is 2.29 bits per heavy atom. The number of hydrogen-bond acceptors (Lipinski definition) is 8. The molecule has 0 aromatic carbocycles. The minimum Gasteiger partial charge on any atom is -0.495 e. The SMILES string of the molecule is COc1cnc2nc(C)cc(SCC(=O)c3ccc(C4(O)CCNC4)s3)c2c1. The minimum absolute atomic E-state index is 0.0503. The Bertz CT molecular complexity index is 1030. The van der Waals surface area contributed by atoms with Gasteiger partial charge in [-0.1, -0.05) is 0 Å². The van der Waals surface area contributed by atoms with Crippen LogP contribution in [0.2, 0.25) is 0 Å². The van der Waals surface area contributed by atoms with Gasteiger partial charge in [0.25, 0.3) is 0 Å². The number of pyridine rings is 2. The van der Waals surface area contributed by atoms with Gasteiger partial charge in [-0.2, -0.15) is 0 Å². The predicted octanol–water partition coefficient (Wildman–Crippen LogP) is 3.16. The predicted molar refractivity (Wildman–Crippen MR) is 112 cm³/mol. The van der Waals surface area contributed by atoms with Crippen molar-refractivity contribution in [2.24, 2.45) is 0 Å². The Balaban J connectivity index is 1.53. The number of carbonyl (C=O) groups excluding carboxylic acids is 1. The number of methoxy groups -OCH3 is 1. The maximum Gasteiger partial charge on any atom is 0.182 e. The third kappa shape index (κ3) is 3.77. The van der Waals surface area contributed by atoms with E-state index in [1.807, 2.05) is 31.2 Å². The molecule has 146 valence electrons. The van der Waals surface area contributed by atoms with Gasteiger partial charge in [0.15, 0.2) is 11.4 Å². The van der Waals surface area contributed by atoms with Crippen LogP contribution in [0.5, 0.6) is 5.75 Å². The molecule has 3 aromatic heterocycles. The third-order valence-corrected chi connectivity index (χ3v) is 7.17. The summed E-state index contributed by atoms with van der Waals surface area (Å²) in [6.45, 7) is 3.24. The number of hydrogen-bond donors (Lipinski definition) is 2. The molecule has 0 saturated carbocycles. The quantitative estimate of drug-likeness (QED) is 0.472. The Labute approximate surface area is 171 Å². The van der Waals surface area contributed by atoms with Gasteiger partial charge in [0.2, 0.25) is 0 Å². The lowest BCUT2D eigenvalue weighted by molar-refractivity contribution is 0.0626. The molecule has 3 aromatic rings. The molecule has 0 aliphatic carbocycles. The fourth-order valence-corrected chi connectivity index (χ4v) is 5.40. The molecule has 4 heterocycles. The number of aryl methyl sites for hydroxylation is 1. The third-order valence-electron chi connectivity index (χ3n) is 4.80. The van der Waals surface area contributed by atoms with Gasteiger partial charge < -0.3 is 15.2 Å². The number of ketones is 1. The number of aromatic nitrogens is 2. The number of ether oxygens (including phenoxy) is 1. The van der Waals surface area contributed by atoms with E-state index in [4.69, 9.17) is 4.74 Å². The Morgan fingerprint density at radius 3 is 3.04 bits per heavy atom. The Kier molecular flexibility index (Phi) is 5.37. The van der Waals surface area contributed by atoms with Gasteiger partial charge >= 0.3 is 0 Å². The highest BCUT2D eigenvalue weighted by Crippen LogP contribution is 2.34. The van der Waals surface area contributed by atoms with Crippen LogP contribution < -0.4 is 10.1 Å². The maximum atomic E-state index is 12.7. The zero-order valence-electron chi connectivity index (χ0n) is 15.7. The minimum atomic E-state index is -0.850. The van der Waals surface area contributed by atoms with Crippen LogP contribution in [0.4, 0.5) is 0 Å². The first-order valence-corrected chi connectivity index (χ1v) is 10.8. The van der Waals surface area contributed by atoms with Crippen LogP contribution >= 0.6 is 23.1 Å². The molecule has 1 unspecified atom stereocenters. The number of nitrogens with one attached hydrogen (secondary N) is 1. The zero-order valence-corrected chi connectivity index (χ0v) is 17.3. The first-order chi connectivity index (χ1) is 13.5. The standard InChI is InChI=1S/C20H21N3O3S2/c1-12-7-17(14-8-13(26-2)9-22-19(14)23-12)27-10-15(24)16-3-4-18(28-16)20(25)5-6-21-11-20/h3-4,7-9,21,25H,5-6,10-11H2,1-2H3. The maximum absolute atomic E-state index is 12.7. The monoisotopic (exact) mass is 415 g/mol. The fraction of sp³-hybridized carbons (Fsp3) is 0.350. The number of nitrogens with zero attached hydrogens (tertiary/aromatic N) is 2. The van der Waals surface area contributed by atoms with Gasteiger partial charge in [-0.15, -0.1) is 23.1 Å². The summed E-state index contributed by atoms with van der Waals surface area (Å²) in [6, 6.07) is 7.55. The van der Waals surface area contributed by atoms with Gasteiger partial charge in [0.1, 0.15) is 11.4 Å². The van der Waals surface area contributed by atoms with Gasteiger partial charge in [-0.25, -0.2) is 9.97 Å². The van der Waals surface area contributed by atoms with Crippen LogP contribution in [0, 0.1) is 6.92 Å². The van der Waals surface area contributed by atoms with E-state index < -0.39 is 5.60 Å². The van der Waals surface area contributed by atoms with Crippen LogP contribution in [0.1, 0.15) is 26.7 Å². The number of Topliss-reactive ketones (excluding diaryl/α,β-unsaturated/α-hetero) is 1. The number of thioether (sulfide) groups is 1. The summed E-state index contributed by atoms with van der Waals surface area (Å²) in [5.41, 5.74) is 0.649. The van der Waals surface area contributed by atoms with Crippen LogP contribution in [-0.2, 0) is 5.60 Å². The average Bonchev–Trinajstić information content (AvgIpc) is 3.35. The number of carbonyl (C=O) groups is 1. The lowest BCUT2D eigenvalue weighted by atomic mass is 10.0. The van der Waals surface area contributed by atoms with Gasteiger partial charge in [-0.05, 0) is 44.2 Å². The molecule has 4 rings (SSSR count). The second kappa shape index (κ2) is 7.79. The molecule has 1 atom stereocenters. The summed E-state index contributed by atoms with van der Waals surface area (Å²) in [5, 5.41) is 14.7. The van der Waals surface area contributed by atoms with Crippen molar-refractivity contribution in [3.8, 4) is 5.75 Å². The summed E-state index contributed by atoms with van der Waals surface area (Å²) < 4.78 is 5.27. The number of fused-ring (bicyclic) bond motifs is 1. The smallest absolute Gasteiger partial charge is 0.182 e. The van der Waals surface area contributed by atoms with Crippen molar-refractivity contribution in [3.63, 3.8) is 0 Å². The van der Waals surface area contributed by atoms with Crippen LogP contribution in [0.3, 0.4) is 0 Å². The molecule has 8 heteroatoms.